The van der Waals surface area contributed by atoms with Gasteiger partial charge < -0.3 is 35.4 Å². The molecule has 2 fully saturated rings. The predicted octanol–water partition coefficient (Wildman–Crippen LogP) is 9.42. The van der Waals surface area contributed by atoms with Gasteiger partial charge in [0.2, 0.25) is 11.9 Å². The first kappa shape index (κ1) is 47.0. The summed E-state index contributed by atoms with van der Waals surface area (Å²) in [5.74, 6) is 1.06. The van der Waals surface area contributed by atoms with Crippen LogP contribution in [0.25, 0.3) is 27.9 Å². The number of alkyl halides is 3. The predicted molar refractivity (Wildman–Crippen MR) is 254 cm³/mol. The fourth-order valence-corrected chi connectivity index (χ4v) is 8.00. The SMILES string of the molecule is Cc1cc(N2CCC(N(C)C)CC2)nc2ccc(NC(=O)COc3ccc(C(F)(F)F)cc3Cl)cc12.Cc1nc(N2CCNCC2)nc2ccc(NC(=O)/C=C\c3ccc(Cl)cc3)cc12. The van der Waals surface area contributed by atoms with Crippen molar-refractivity contribution >= 4 is 86.0 Å². The summed E-state index contributed by atoms with van der Waals surface area (Å²) in [7, 11) is 4.23. The number of benzene rings is 4. The Hall–Kier alpha value is -6.00. The molecular formula is C48H50Cl2F3N9O3. The molecule has 0 saturated carbocycles. The summed E-state index contributed by atoms with van der Waals surface area (Å²) in [4.78, 5) is 45.7. The Kier molecular flexibility index (Phi) is 15.1. The summed E-state index contributed by atoms with van der Waals surface area (Å²) in [5.41, 5.74) is 4.97. The van der Waals surface area contributed by atoms with Crippen LogP contribution < -0.4 is 30.5 Å². The van der Waals surface area contributed by atoms with Gasteiger partial charge in [0.25, 0.3) is 5.91 Å². The number of fused-ring (bicyclic) bond motifs is 2. The Morgan fingerprint density at radius 2 is 1.48 bits per heavy atom. The van der Waals surface area contributed by atoms with E-state index >= 15 is 0 Å². The summed E-state index contributed by atoms with van der Waals surface area (Å²) in [6.45, 7) is 9.18. The van der Waals surface area contributed by atoms with Crippen molar-refractivity contribution in [2.45, 2.75) is 38.9 Å². The topological polar surface area (TPSA) is 128 Å². The van der Waals surface area contributed by atoms with Crippen molar-refractivity contribution in [1.82, 2.24) is 25.2 Å². The molecule has 0 unspecified atom stereocenters. The van der Waals surface area contributed by atoms with Gasteiger partial charge in [-0.05, 0) is 131 Å². The fourth-order valence-electron chi connectivity index (χ4n) is 7.64. The van der Waals surface area contributed by atoms with Crippen molar-refractivity contribution in [3.05, 3.63) is 123 Å². The van der Waals surface area contributed by atoms with Crippen molar-refractivity contribution in [2.75, 3.05) is 80.4 Å². The number of hydrogen-bond donors (Lipinski definition) is 3. The molecule has 2 aliphatic heterocycles. The number of aryl methyl sites for hydroxylation is 2. The molecule has 0 aliphatic carbocycles. The van der Waals surface area contributed by atoms with Crippen LogP contribution in [0.15, 0.2) is 91.0 Å². The fraction of sp³-hybridized carbons (Fsp3) is 0.312. The first-order valence-electron chi connectivity index (χ1n) is 21.2. The summed E-state index contributed by atoms with van der Waals surface area (Å²) >= 11 is 11.8. The van der Waals surface area contributed by atoms with Crippen LogP contribution in [-0.4, -0.2) is 97.7 Å². The number of carbonyl (C=O) groups is 2. The molecule has 2 amide bonds. The van der Waals surface area contributed by atoms with Gasteiger partial charge in [0.1, 0.15) is 11.6 Å². The number of piperazine rings is 1. The zero-order chi connectivity index (χ0) is 46.3. The van der Waals surface area contributed by atoms with Crippen LogP contribution in [0.4, 0.5) is 36.3 Å². The van der Waals surface area contributed by atoms with Crippen LogP contribution in [0, 0.1) is 13.8 Å². The number of rotatable bonds is 10. The van der Waals surface area contributed by atoms with Crippen molar-refractivity contribution < 1.29 is 27.5 Å². The number of anilines is 4. The molecule has 0 radical (unpaired) electrons. The lowest BCUT2D eigenvalue weighted by Crippen LogP contribution is -2.44. The maximum atomic E-state index is 12.8. The van der Waals surface area contributed by atoms with E-state index in [2.05, 4.69) is 55.8 Å². The maximum absolute atomic E-state index is 12.8. The number of amides is 2. The Balaban J connectivity index is 0.000000198. The summed E-state index contributed by atoms with van der Waals surface area (Å²) in [6.07, 6.45) is 0.935. The zero-order valence-corrected chi connectivity index (χ0v) is 38.0. The van der Waals surface area contributed by atoms with Gasteiger partial charge in [-0.15, -0.1) is 0 Å². The second-order valence-corrected chi connectivity index (χ2v) is 17.0. The highest BCUT2D eigenvalue weighted by Gasteiger charge is 2.31. The Bertz CT molecular complexity index is 2690. The molecule has 65 heavy (non-hydrogen) atoms. The third-order valence-corrected chi connectivity index (χ3v) is 11.8. The molecule has 2 aromatic heterocycles. The first-order valence-corrected chi connectivity index (χ1v) is 22.0. The van der Waals surface area contributed by atoms with Gasteiger partial charge in [-0.25, -0.2) is 15.0 Å². The van der Waals surface area contributed by atoms with Crippen molar-refractivity contribution in [1.29, 1.82) is 0 Å². The minimum Gasteiger partial charge on any atom is -0.482 e. The normalized spacial score (nSPS) is 14.7. The number of piperidine rings is 1. The third-order valence-electron chi connectivity index (χ3n) is 11.3. The van der Waals surface area contributed by atoms with Gasteiger partial charge >= 0.3 is 6.18 Å². The second-order valence-electron chi connectivity index (χ2n) is 16.1. The highest BCUT2D eigenvalue weighted by atomic mass is 35.5. The average Bonchev–Trinajstić information content (AvgIpc) is 3.29. The van der Waals surface area contributed by atoms with Crippen LogP contribution in [0.5, 0.6) is 5.75 Å². The number of hydrogen-bond acceptors (Lipinski definition) is 10. The molecular weight excluding hydrogens is 878 g/mol. The molecule has 17 heteroatoms. The van der Waals surface area contributed by atoms with E-state index < -0.39 is 24.3 Å². The molecule has 6 aromatic rings. The number of aromatic nitrogens is 3. The lowest BCUT2D eigenvalue weighted by Gasteiger charge is -2.36. The van der Waals surface area contributed by atoms with Crippen LogP contribution in [-0.2, 0) is 15.8 Å². The van der Waals surface area contributed by atoms with E-state index in [0.29, 0.717) is 22.4 Å². The molecule has 2 aliphatic rings. The average molecular weight is 929 g/mol. The quantitative estimate of drug-likeness (QED) is 0.114. The smallest absolute Gasteiger partial charge is 0.416 e. The van der Waals surface area contributed by atoms with Crippen LogP contribution in [0.2, 0.25) is 10.0 Å². The van der Waals surface area contributed by atoms with E-state index in [1.807, 2.05) is 56.3 Å². The minimum atomic E-state index is -4.51. The number of pyridine rings is 1. The number of carbonyl (C=O) groups excluding carboxylic acids is 2. The lowest BCUT2D eigenvalue weighted by atomic mass is 10.0. The number of nitrogens with zero attached hydrogens (tertiary/aromatic N) is 6. The monoisotopic (exact) mass is 927 g/mol. The second kappa shape index (κ2) is 20.9. The van der Waals surface area contributed by atoms with E-state index in [1.165, 1.54) is 6.08 Å². The van der Waals surface area contributed by atoms with Gasteiger partial charge in [0.15, 0.2) is 6.61 Å². The van der Waals surface area contributed by atoms with Crippen LogP contribution >= 0.6 is 23.2 Å². The van der Waals surface area contributed by atoms with Gasteiger partial charge in [0.05, 0.1) is 27.3 Å². The van der Waals surface area contributed by atoms with Gasteiger partial charge in [-0.2, -0.15) is 13.2 Å². The molecule has 4 aromatic carbocycles. The molecule has 0 spiro atoms. The van der Waals surface area contributed by atoms with Gasteiger partial charge in [-0.1, -0.05) is 35.3 Å². The molecule has 3 N–H and O–H groups in total. The largest absolute Gasteiger partial charge is 0.482 e. The first-order chi connectivity index (χ1) is 31.1. The Labute approximate surface area is 385 Å². The van der Waals surface area contributed by atoms with Crippen molar-refractivity contribution in [2.24, 2.45) is 0 Å². The number of halogens is 5. The molecule has 0 atom stereocenters. The summed E-state index contributed by atoms with van der Waals surface area (Å²) < 4.78 is 43.7. The molecule has 4 heterocycles. The van der Waals surface area contributed by atoms with E-state index in [0.717, 1.165) is 121 Å². The number of ether oxygens (including phenoxy) is 1. The standard InChI is InChI=1S/C26H28ClF3N4O2.C22H22ClN5O/c1-16-12-24(34-10-8-19(9-11-34)33(2)3)32-22-6-5-18(14-20(16)22)31-25(35)15-36-23-7-4-17(13-21(23)27)26(28,29)30;1-15-19-14-18(26-21(29)9-4-16-2-5-17(23)6-3-16)7-8-20(19)27-22(25-15)28-12-10-24-11-13-28/h4-7,12-14,19H,8-11,15H2,1-3H3,(H,31,35);2-9,14,24H,10-13H2,1H3,(H,26,29)/b;9-4-. The molecule has 8 rings (SSSR count). The van der Waals surface area contributed by atoms with Gasteiger partial charge in [0, 0.05) is 78.6 Å². The molecule has 0 bridgehead atoms. The maximum Gasteiger partial charge on any atom is 0.416 e. The molecule has 12 nitrogen and oxygen atoms in total. The van der Waals surface area contributed by atoms with Crippen molar-refractivity contribution in [3.63, 3.8) is 0 Å². The summed E-state index contributed by atoms with van der Waals surface area (Å²) in [5, 5.41) is 11.3. The highest BCUT2D eigenvalue weighted by Crippen LogP contribution is 2.35. The lowest BCUT2D eigenvalue weighted by molar-refractivity contribution is -0.137. The third kappa shape index (κ3) is 12.4. The van der Waals surface area contributed by atoms with E-state index in [-0.39, 0.29) is 16.7 Å². The Morgan fingerprint density at radius 1 is 0.815 bits per heavy atom. The minimum absolute atomic E-state index is 0.000479. The van der Waals surface area contributed by atoms with Gasteiger partial charge in [-0.3, -0.25) is 9.59 Å². The van der Waals surface area contributed by atoms with Crippen molar-refractivity contribution in [3.8, 4) is 5.75 Å². The zero-order valence-electron chi connectivity index (χ0n) is 36.5. The van der Waals surface area contributed by atoms with E-state index in [4.69, 9.17) is 37.9 Å². The molecule has 2 saturated heterocycles. The van der Waals surface area contributed by atoms with E-state index in [9.17, 15) is 22.8 Å². The van der Waals surface area contributed by atoms with Crippen LogP contribution in [0.1, 0.15) is 35.2 Å². The summed E-state index contributed by atoms with van der Waals surface area (Å²) in [6, 6.07) is 23.9. The Morgan fingerprint density at radius 3 is 2.14 bits per heavy atom. The van der Waals surface area contributed by atoms with Crippen LogP contribution in [0.3, 0.4) is 0 Å². The highest BCUT2D eigenvalue weighted by molar-refractivity contribution is 6.32. The molecule has 340 valence electrons. The van der Waals surface area contributed by atoms with E-state index in [1.54, 1.807) is 24.3 Å². The number of nitrogens with one attached hydrogen (secondary N) is 3.